The highest BCUT2D eigenvalue weighted by Gasteiger charge is 2.12. The molecule has 15 heavy (non-hydrogen) atoms. The van der Waals surface area contributed by atoms with Crippen molar-refractivity contribution < 1.29 is 5.11 Å². The second-order valence-electron chi connectivity index (χ2n) is 3.19. The van der Waals surface area contributed by atoms with Crippen molar-refractivity contribution in [3.8, 4) is 0 Å². The standard InChI is InChI=1S/C10H14BrN3O/c1-14(5-6-15)8-4-2-3-7(11)9(8)10(12)13/h2-4,15H,5-6H2,1H3,(H3,12,13). The minimum atomic E-state index is 0.0160. The summed E-state index contributed by atoms with van der Waals surface area (Å²) in [6.45, 7) is 0.580. The molecule has 82 valence electrons. The summed E-state index contributed by atoms with van der Waals surface area (Å²) in [6, 6.07) is 5.59. The second kappa shape index (κ2) is 5.14. The average molecular weight is 272 g/mol. The molecule has 1 rings (SSSR count). The lowest BCUT2D eigenvalue weighted by atomic mass is 10.1. The summed E-state index contributed by atoms with van der Waals surface area (Å²) in [4.78, 5) is 1.86. The quantitative estimate of drug-likeness (QED) is 0.569. The lowest BCUT2D eigenvalue weighted by Crippen LogP contribution is -2.25. The molecule has 0 radical (unpaired) electrons. The van der Waals surface area contributed by atoms with Gasteiger partial charge in [-0.15, -0.1) is 0 Å². The highest BCUT2D eigenvalue weighted by atomic mass is 79.9. The van der Waals surface area contributed by atoms with Crippen molar-refractivity contribution in [3.63, 3.8) is 0 Å². The Labute approximate surface area is 97.3 Å². The van der Waals surface area contributed by atoms with Gasteiger partial charge in [0.1, 0.15) is 5.84 Å². The van der Waals surface area contributed by atoms with Crippen molar-refractivity contribution >= 4 is 27.5 Å². The zero-order valence-corrected chi connectivity index (χ0v) is 10.1. The fourth-order valence-electron chi connectivity index (χ4n) is 1.37. The number of nitrogen functional groups attached to an aromatic ring is 1. The van der Waals surface area contributed by atoms with Gasteiger partial charge in [-0.3, -0.25) is 5.41 Å². The molecule has 0 aliphatic heterocycles. The van der Waals surface area contributed by atoms with Crippen LogP contribution in [0.4, 0.5) is 5.69 Å². The first-order chi connectivity index (χ1) is 7.07. The number of aliphatic hydroxyl groups is 1. The summed E-state index contributed by atoms with van der Waals surface area (Å²) >= 11 is 3.36. The Morgan fingerprint density at radius 1 is 1.60 bits per heavy atom. The first kappa shape index (κ1) is 12.0. The molecule has 0 aliphatic rings. The van der Waals surface area contributed by atoms with E-state index in [1.54, 1.807) is 0 Å². The van der Waals surface area contributed by atoms with Crippen LogP contribution in [-0.2, 0) is 0 Å². The first-order valence-corrected chi connectivity index (χ1v) is 5.32. The number of benzene rings is 1. The van der Waals surface area contributed by atoms with Crippen LogP contribution in [0.3, 0.4) is 0 Å². The zero-order chi connectivity index (χ0) is 11.4. The van der Waals surface area contributed by atoms with Gasteiger partial charge in [0.2, 0.25) is 0 Å². The largest absolute Gasteiger partial charge is 0.395 e. The lowest BCUT2D eigenvalue weighted by Gasteiger charge is -2.21. The van der Waals surface area contributed by atoms with E-state index < -0.39 is 0 Å². The van der Waals surface area contributed by atoms with Gasteiger partial charge in [0, 0.05) is 23.8 Å². The molecule has 0 bridgehead atoms. The number of nitrogens with two attached hydrogens (primary N) is 1. The molecule has 0 heterocycles. The minimum Gasteiger partial charge on any atom is -0.395 e. The number of anilines is 1. The Morgan fingerprint density at radius 3 is 2.80 bits per heavy atom. The monoisotopic (exact) mass is 271 g/mol. The molecule has 0 saturated carbocycles. The predicted octanol–water partition coefficient (Wildman–Crippen LogP) is 1.16. The number of nitrogens with one attached hydrogen (secondary N) is 1. The fraction of sp³-hybridized carbons (Fsp3) is 0.300. The number of rotatable bonds is 4. The van der Waals surface area contributed by atoms with E-state index >= 15 is 0 Å². The molecule has 0 amide bonds. The maximum atomic E-state index is 8.86. The van der Waals surface area contributed by atoms with Crippen LogP contribution in [0, 0.1) is 5.41 Å². The van der Waals surface area contributed by atoms with Gasteiger partial charge in [0.15, 0.2) is 0 Å². The molecule has 4 N–H and O–H groups in total. The number of hydrogen-bond acceptors (Lipinski definition) is 3. The topological polar surface area (TPSA) is 73.3 Å². The van der Waals surface area contributed by atoms with E-state index in [9.17, 15) is 0 Å². The van der Waals surface area contributed by atoms with Crippen LogP contribution in [0.2, 0.25) is 0 Å². The van der Waals surface area contributed by atoms with Crippen molar-refractivity contribution in [3.05, 3.63) is 28.2 Å². The molecule has 4 nitrogen and oxygen atoms in total. The van der Waals surface area contributed by atoms with Gasteiger partial charge in [-0.25, -0.2) is 0 Å². The van der Waals surface area contributed by atoms with Gasteiger partial charge in [0.05, 0.1) is 12.2 Å². The minimum absolute atomic E-state index is 0.0160. The molecule has 0 aliphatic carbocycles. The van der Waals surface area contributed by atoms with E-state index in [1.807, 2.05) is 30.1 Å². The number of amidine groups is 1. The Balaban J connectivity index is 3.16. The predicted molar refractivity (Wildman–Crippen MR) is 65.5 cm³/mol. The third-order valence-electron chi connectivity index (χ3n) is 2.11. The molecular formula is C10H14BrN3O. The average Bonchev–Trinajstić information content (AvgIpc) is 2.17. The van der Waals surface area contributed by atoms with Gasteiger partial charge >= 0.3 is 0 Å². The molecule has 0 aromatic heterocycles. The van der Waals surface area contributed by atoms with Crippen molar-refractivity contribution in [1.29, 1.82) is 5.41 Å². The van der Waals surface area contributed by atoms with Gasteiger partial charge in [-0.2, -0.15) is 0 Å². The fourth-order valence-corrected chi connectivity index (χ4v) is 1.94. The van der Waals surface area contributed by atoms with Crippen LogP contribution < -0.4 is 10.6 Å². The van der Waals surface area contributed by atoms with E-state index in [2.05, 4.69) is 15.9 Å². The number of nitrogens with zero attached hydrogens (tertiary/aromatic N) is 1. The van der Waals surface area contributed by atoms with Gasteiger partial charge in [-0.1, -0.05) is 6.07 Å². The van der Waals surface area contributed by atoms with Crippen LogP contribution >= 0.6 is 15.9 Å². The van der Waals surface area contributed by atoms with Crippen LogP contribution in [0.25, 0.3) is 0 Å². The van der Waals surface area contributed by atoms with E-state index in [1.165, 1.54) is 0 Å². The Morgan fingerprint density at radius 2 is 2.27 bits per heavy atom. The van der Waals surface area contributed by atoms with Crippen LogP contribution in [-0.4, -0.2) is 31.1 Å². The van der Waals surface area contributed by atoms with Gasteiger partial charge < -0.3 is 15.7 Å². The van der Waals surface area contributed by atoms with Crippen molar-refractivity contribution in [2.24, 2.45) is 5.73 Å². The van der Waals surface area contributed by atoms with Crippen molar-refractivity contribution in [1.82, 2.24) is 0 Å². The molecule has 0 unspecified atom stereocenters. The third kappa shape index (κ3) is 2.70. The maximum absolute atomic E-state index is 8.86. The summed E-state index contributed by atoms with van der Waals surface area (Å²) in [5.41, 5.74) is 7.01. The first-order valence-electron chi connectivity index (χ1n) is 4.52. The Bertz CT molecular complexity index is 368. The smallest absolute Gasteiger partial charge is 0.126 e. The molecule has 1 aromatic carbocycles. The van der Waals surface area contributed by atoms with E-state index in [0.29, 0.717) is 12.1 Å². The number of aliphatic hydroxyl groups excluding tert-OH is 1. The number of halogens is 1. The molecule has 0 fully saturated rings. The highest BCUT2D eigenvalue weighted by Crippen LogP contribution is 2.26. The number of hydrogen-bond donors (Lipinski definition) is 3. The highest BCUT2D eigenvalue weighted by molar-refractivity contribution is 9.10. The Hall–Kier alpha value is -1.07. The molecule has 0 spiro atoms. The van der Waals surface area contributed by atoms with E-state index in [4.69, 9.17) is 16.2 Å². The zero-order valence-electron chi connectivity index (χ0n) is 8.50. The second-order valence-corrected chi connectivity index (χ2v) is 4.05. The summed E-state index contributed by atoms with van der Waals surface area (Å²) in [5.74, 6) is 0.0160. The van der Waals surface area contributed by atoms with Crippen LogP contribution in [0.15, 0.2) is 22.7 Å². The van der Waals surface area contributed by atoms with E-state index in [0.717, 1.165) is 10.2 Å². The normalized spacial score (nSPS) is 10.1. The lowest BCUT2D eigenvalue weighted by molar-refractivity contribution is 0.304. The molecular weight excluding hydrogens is 258 g/mol. The Kier molecular flexibility index (Phi) is 4.11. The molecule has 0 saturated heterocycles. The molecule has 0 atom stereocenters. The molecule has 5 heteroatoms. The van der Waals surface area contributed by atoms with Crippen LogP contribution in [0.5, 0.6) is 0 Å². The summed E-state index contributed by atoms with van der Waals surface area (Å²) in [6.07, 6.45) is 0. The van der Waals surface area contributed by atoms with Gasteiger partial charge in [0.25, 0.3) is 0 Å². The summed E-state index contributed by atoms with van der Waals surface area (Å²) < 4.78 is 0.789. The van der Waals surface area contributed by atoms with Crippen molar-refractivity contribution in [2.75, 3.05) is 25.1 Å². The van der Waals surface area contributed by atoms with Gasteiger partial charge in [-0.05, 0) is 28.1 Å². The summed E-state index contributed by atoms with van der Waals surface area (Å²) in [5, 5.41) is 16.4. The van der Waals surface area contributed by atoms with Crippen LogP contribution in [0.1, 0.15) is 5.56 Å². The van der Waals surface area contributed by atoms with Crippen molar-refractivity contribution in [2.45, 2.75) is 0 Å². The maximum Gasteiger partial charge on any atom is 0.126 e. The molecule has 1 aromatic rings. The van der Waals surface area contributed by atoms with E-state index in [-0.39, 0.29) is 12.4 Å². The third-order valence-corrected chi connectivity index (χ3v) is 2.77. The number of likely N-dealkylation sites (N-methyl/N-ethyl adjacent to an activating group) is 1. The SMILES string of the molecule is CN(CCO)c1cccc(Br)c1C(=N)N. The summed E-state index contributed by atoms with van der Waals surface area (Å²) in [7, 11) is 1.85.